The van der Waals surface area contributed by atoms with Crippen molar-refractivity contribution in [2.24, 2.45) is 11.6 Å². The average molecular weight is 376 g/mol. The molecule has 8 heteroatoms. The van der Waals surface area contributed by atoms with Gasteiger partial charge in [0.15, 0.2) is 0 Å². The quantitative estimate of drug-likeness (QED) is 0.146. The van der Waals surface area contributed by atoms with E-state index in [0.29, 0.717) is 28.3 Å². The largest absolute Gasteiger partial charge is 0.457 e. The highest BCUT2D eigenvalue weighted by molar-refractivity contribution is 6.05. The van der Waals surface area contributed by atoms with Crippen LogP contribution in [0.2, 0.25) is 0 Å². The third-order valence-corrected chi connectivity index (χ3v) is 3.98. The third-order valence-electron chi connectivity index (χ3n) is 3.98. The number of aromatic nitrogens is 1. The number of anilines is 1. The number of hydrazine groups is 1. The molecule has 28 heavy (non-hydrogen) atoms. The predicted molar refractivity (Wildman–Crippen MR) is 108 cm³/mol. The van der Waals surface area contributed by atoms with Gasteiger partial charge in [-0.15, -0.1) is 0 Å². The van der Waals surface area contributed by atoms with Gasteiger partial charge >= 0.3 is 0 Å². The van der Waals surface area contributed by atoms with Crippen LogP contribution in [0.5, 0.6) is 11.5 Å². The number of para-hydroxylation sites is 1. The summed E-state index contributed by atoms with van der Waals surface area (Å²) in [7, 11) is 0. The molecule has 0 aliphatic heterocycles. The molecule has 1 aromatic heterocycles. The lowest BCUT2D eigenvalue weighted by Crippen LogP contribution is -2.31. The van der Waals surface area contributed by atoms with Crippen molar-refractivity contribution in [1.29, 1.82) is 5.41 Å². The summed E-state index contributed by atoms with van der Waals surface area (Å²) >= 11 is 0. The maximum Gasteiger partial charge on any atom is 0.239 e. The van der Waals surface area contributed by atoms with Gasteiger partial charge in [-0.25, -0.2) is 5.84 Å². The fourth-order valence-corrected chi connectivity index (χ4v) is 2.72. The van der Waals surface area contributed by atoms with Crippen LogP contribution >= 0.6 is 0 Å². The van der Waals surface area contributed by atoms with Crippen molar-refractivity contribution in [2.45, 2.75) is 6.42 Å². The fraction of sp³-hybridized carbons (Fsp3) is 0.0500. The predicted octanol–water partition coefficient (Wildman–Crippen LogP) is 1.94. The molecular formula is C20H20N6O2. The molecule has 0 spiro atoms. The second-order valence-electron chi connectivity index (χ2n) is 6.02. The number of rotatable bonds is 6. The highest BCUT2D eigenvalue weighted by Gasteiger charge is 2.16. The molecule has 2 aromatic carbocycles. The first-order chi connectivity index (χ1) is 13.5. The first-order valence-corrected chi connectivity index (χ1v) is 8.44. The van der Waals surface area contributed by atoms with Gasteiger partial charge in [-0.3, -0.25) is 20.6 Å². The topological polar surface area (TPSA) is 153 Å². The van der Waals surface area contributed by atoms with E-state index in [-0.39, 0.29) is 17.9 Å². The number of benzene rings is 2. The molecule has 0 radical (unpaired) electrons. The molecule has 0 atom stereocenters. The normalized spacial score (nSPS) is 10.3. The summed E-state index contributed by atoms with van der Waals surface area (Å²) in [6.07, 6.45) is -0.0406. The van der Waals surface area contributed by atoms with E-state index in [4.69, 9.17) is 27.5 Å². The molecule has 0 aliphatic carbocycles. The van der Waals surface area contributed by atoms with Crippen molar-refractivity contribution in [3.05, 3.63) is 71.9 Å². The number of nitrogens with two attached hydrogens (primary N) is 3. The molecule has 0 saturated carbocycles. The molecule has 1 heterocycles. The maximum absolute atomic E-state index is 11.6. The van der Waals surface area contributed by atoms with Crippen LogP contribution in [0.3, 0.4) is 0 Å². The summed E-state index contributed by atoms with van der Waals surface area (Å²) < 4.78 is 5.78. The van der Waals surface area contributed by atoms with Gasteiger partial charge in [-0.2, -0.15) is 0 Å². The van der Waals surface area contributed by atoms with Gasteiger partial charge < -0.3 is 16.2 Å². The van der Waals surface area contributed by atoms with Crippen LogP contribution < -0.4 is 27.5 Å². The van der Waals surface area contributed by atoms with Crippen LogP contribution in [0.4, 0.5) is 5.69 Å². The number of pyridine rings is 1. The molecule has 8 N–H and O–H groups in total. The Bertz CT molecular complexity index is 1000. The minimum absolute atomic E-state index is 0.0406. The van der Waals surface area contributed by atoms with E-state index in [1.807, 2.05) is 30.3 Å². The molecule has 3 rings (SSSR count). The Morgan fingerprint density at radius 1 is 1.07 bits per heavy atom. The Hall–Kier alpha value is -3.91. The maximum atomic E-state index is 11.6. The van der Waals surface area contributed by atoms with E-state index in [0.717, 1.165) is 5.75 Å². The number of nitrogens with one attached hydrogen (secondary N) is 2. The monoisotopic (exact) mass is 376 g/mol. The zero-order valence-corrected chi connectivity index (χ0v) is 15.0. The second-order valence-corrected chi connectivity index (χ2v) is 6.02. The molecule has 0 unspecified atom stereocenters. The van der Waals surface area contributed by atoms with Crippen LogP contribution in [0.15, 0.2) is 60.7 Å². The Labute approximate surface area is 161 Å². The summed E-state index contributed by atoms with van der Waals surface area (Å²) in [6.45, 7) is 0. The fourth-order valence-electron chi connectivity index (χ4n) is 2.72. The van der Waals surface area contributed by atoms with Gasteiger partial charge in [0.2, 0.25) is 5.91 Å². The molecule has 3 aromatic rings. The third kappa shape index (κ3) is 4.25. The summed E-state index contributed by atoms with van der Waals surface area (Å²) in [5.74, 6) is 5.89. The number of hydrogen-bond donors (Lipinski definition) is 5. The number of ether oxygens (including phenoxy) is 1. The number of nitrogen functional groups attached to an aromatic ring is 2. The minimum atomic E-state index is -0.403. The van der Waals surface area contributed by atoms with Gasteiger partial charge in [0, 0.05) is 11.3 Å². The number of carbonyl (C=O) groups is 1. The molecule has 1 amide bonds. The van der Waals surface area contributed by atoms with E-state index < -0.39 is 5.91 Å². The van der Waals surface area contributed by atoms with Crippen LogP contribution in [-0.2, 0) is 11.2 Å². The molecule has 0 bridgehead atoms. The van der Waals surface area contributed by atoms with E-state index in [1.54, 1.807) is 24.3 Å². The van der Waals surface area contributed by atoms with E-state index in [9.17, 15) is 4.79 Å². The average Bonchev–Trinajstić information content (AvgIpc) is 2.68. The molecule has 0 fully saturated rings. The number of amides is 1. The van der Waals surface area contributed by atoms with Crippen molar-refractivity contribution in [3.63, 3.8) is 0 Å². The van der Waals surface area contributed by atoms with Gasteiger partial charge in [-0.1, -0.05) is 18.2 Å². The zero-order valence-electron chi connectivity index (χ0n) is 15.0. The first-order valence-electron chi connectivity index (χ1n) is 8.44. The van der Waals surface area contributed by atoms with Gasteiger partial charge in [-0.05, 0) is 42.5 Å². The van der Waals surface area contributed by atoms with Crippen molar-refractivity contribution in [2.75, 3.05) is 5.73 Å². The summed E-state index contributed by atoms with van der Waals surface area (Å²) in [6, 6.07) is 18.1. The Kier molecular flexibility index (Phi) is 5.52. The lowest BCUT2D eigenvalue weighted by molar-refractivity contribution is -0.120. The Morgan fingerprint density at radius 2 is 1.71 bits per heavy atom. The number of nitrogens with zero attached hydrogens (tertiary/aromatic N) is 1. The second kappa shape index (κ2) is 8.19. The van der Waals surface area contributed by atoms with Crippen LogP contribution in [0.1, 0.15) is 11.3 Å². The Balaban J connectivity index is 1.96. The number of hydrogen-bond acceptors (Lipinski definition) is 6. The smallest absolute Gasteiger partial charge is 0.239 e. The van der Waals surface area contributed by atoms with Gasteiger partial charge in [0.25, 0.3) is 0 Å². The standard InChI is InChI=1S/C20H20N6O2/c21-16-10-13(11-17(27)26-24)25-19(18(16)20(22)23)12-6-8-15(9-7-12)28-14-4-2-1-3-5-14/h1-10H,11,24H2,(H2,21,25)(H3,22,23)(H,26,27). The van der Waals surface area contributed by atoms with Crippen molar-refractivity contribution in [1.82, 2.24) is 10.4 Å². The van der Waals surface area contributed by atoms with Crippen molar-refractivity contribution < 1.29 is 9.53 Å². The van der Waals surface area contributed by atoms with Crippen LogP contribution in [-0.4, -0.2) is 16.7 Å². The highest BCUT2D eigenvalue weighted by Crippen LogP contribution is 2.29. The minimum Gasteiger partial charge on any atom is -0.457 e. The molecule has 142 valence electrons. The summed E-state index contributed by atoms with van der Waals surface area (Å²) in [4.78, 5) is 16.0. The SMILES string of the molecule is N=C(N)c1c(N)cc(CC(=O)NN)nc1-c1ccc(Oc2ccccc2)cc1. The van der Waals surface area contributed by atoms with Crippen LogP contribution in [0.25, 0.3) is 11.3 Å². The molecule has 8 nitrogen and oxygen atoms in total. The van der Waals surface area contributed by atoms with Crippen molar-refractivity contribution >= 4 is 17.4 Å². The highest BCUT2D eigenvalue weighted by atomic mass is 16.5. The number of amidine groups is 1. The molecular weight excluding hydrogens is 356 g/mol. The molecule has 0 aliphatic rings. The number of carbonyl (C=O) groups excluding carboxylic acids is 1. The molecule has 0 saturated heterocycles. The van der Waals surface area contributed by atoms with E-state index >= 15 is 0 Å². The lowest BCUT2D eigenvalue weighted by atomic mass is 10.0. The first kappa shape index (κ1) is 18.9. The van der Waals surface area contributed by atoms with Crippen molar-refractivity contribution in [3.8, 4) is 22.8 Å². The van der Waals surface area contributed by atoms with E-state index in [2.05, 4.69) is 10.4 Å². The van der Waals surface area contributed by atoms with Gasteiger partial charge in [0.05, 0.1) is 23.4 Å². The summed E-state index contributed by atoms with van der Waals surface area (Å²) in [5, 5.41) is 7.84. The zero-order chi connectivity index (χ0) is 20.1. The van der Waals surface area contributed by atoms with Crippen LogP contribution in [0, 0.1) is 5.41 Å². The summed E-state index contributed by atoms with van der Waals surface area (Å²) in [5.41, 5.74) is 15.9. The van der Waals surface area contributed by atoms with Gasteiger partial charge in [0.1, 0.15) is 17.3 Å². The Morgan fingerprint density at radius 3 is 2.32 bits per heavy atom. The van der Waals surface area contributed by atoms with E-state index in [1.165, 1.54) is 6.07 Å². The lowest BCUT2D eigenvalue weighted by Gasteiger charge is -2.14.